The van der Waals surface area contributed by atoms with Gasteiger partial charge in [-0.2, -0.15) is 0 Å². The fourth-order valence-corrected chi connectivity index (χ4v) is 3.26. The summed E-state index contributed by atoms with van der Waals surface area (Å²) in [6.07, 6.45) is 3.68. The molecule has 0 aliphatic carbocycles. The minimum Gasteiger partial charge on any atom is -0.343 e. The van der Waals surface area contributed by atoms with Gasteiger partial charge in [0.15, 0.2) is 0 Å². The Hall–Kier alpha value is -0.870. The molecular formula is C16H23BrN2O. The maximum Gasteiger partial charge on any atom is 0.222 e. The van der Waals surface area contributed by atoms with Gasteiger partial charge in [-0.25, -0.2) is 0 Å². The first-order valence-electron chi connectivity index (χ1n) is 7.36. The second-order valence-electron chi connectivity index (χ2n) is 5.47. The van der Waals surface area contributed by atoms with Gasteiger partial charge < -0.3 is 10.2 Å². The maximum atomic E-state index is 12.2. The number of benzene rings is 1. The Morgan fingerprint density at radius 1 is 1.35 bits per heavy atom. The highest BCUT2D eigenvalue weighted by molar-refractivity contribution is 9.10. The molecule has 1 saturated heterocycles. The van der Waals surface area contributed by atoms with Gasteiger partial charge in [0.25, 0.3) is 0 Å². The zero-order chi connectivity index (χ0) is 14.4. The van der Waals surface area contributed by atoms with Crippen molar-refractivity contribution in [1.29, 1.82) is 0 Å². The molecule has 1 aromatic carbocycles. The Morgan fingerprint density at radius 2 is 2.05 bits per heavy atom. The van der Waals surface area contributed by atoms with E-state index in [-0.39, 0.29) is 0 Å². The van der Waals surface area contributed by atoms with E-state index in [2.05, 4.69) is 27.3 Å². The van der Waals surface area contributed by atoms with Crippen molar-refractivity contribution in [2.45, 2.75) is 25.7 Å². The molecule has 0 spiro atoms. The third-order valence-corrected chi connectivity index (χ3v) is 4.80. The highest BCUT2D eigenvalue weighted by atomic mass is 79.9. The third kappa shape index (κ3) is 4.32. The number of hydrogen-bond donors (Lipinski definition) is 1. The Labute approximate surface area is 129 Å². The number of hydrogen-bond acceptors (Lipinski definition) is 2. The molecule has 1 fully saturated rings. The molecule has 1 heterocycles. The molecule has 1 aliphatic rings. The van der Waals surface area contributed by atoms with Crippen molar-refractivity contribution >= 4 is 21.8 Å². The summed E-state index contributed by atoms with van der Waals surface area (Å²) in [6.45, 7) is 2.90. The van der Waals surface area contributed by atoms with Crippen LogP contribution < -0.4 is 5.32 Å². The van der Waals surface area contributed by atoms with Gasteiger partial charge in [-0.15, -0.1) is 0 Å². The predicted molar refractivity (Wildman–Crippen MR) is 85.7 cm³/mol. The highest BCUT2D eigenvalue weighted by Crippen LogP contribution is 2.20. The van der Waals surface area contributed by atoms with Crippen molar-refractivity contribution in [3.05, 3.63) is 34.3 Å². The molecular weight excluding hydrogens is 316 g/mol. The topological polar surface area (TPSA) is 32.3 Å². The van der Waals surface area contributed by atoms with Crippen molar-refractivity contribution in [3.63, 3.8) is 0 Å². The molecule has 1 aromatic rings. The van der Waals surface area contributed by atoms with Crippen molar-refractivity contribution < 1.29 is 4.79 Å². The first-order chi connectivity index (χ1) is 9.70. The lowest BCUT2D eigenvalue weighted by molar-refractivity contribution is -0.132. The number of rotatable bonds is 5. The van der Waals surface area contributed by atoms with Crippen molar-refractivity contribution in [1.82, 2.24) is 10.2 Å². The summed E-state index contributed by atoms with van der Waals surface area (Å²) in [5.74, 6) is 1.02. The summed E-state index contributed by atoms with van der Waals surface area (Å²) < 4.78 is 1.10. The Balaban J connectivity index is 1.77. The van der Waals surface area contributed by atoms with Crippen LogP contribution >= 0.6 is 15.9 Å². The smallest absolute Gasteiger partial charge is 0.222 e. The van der Waals surface area contributed by atoms with E-state index < -0.39 is 0 Å². The first kappa shape index (κ1) is 15.5. The Morgan fingerprint density at radius 3 is 2.70 bits per heavy atom. The lowest BCUT2D eigenvalue weighted by Crippen LogP contribution is -2.40. The van der Waals surface area contributed by atoms with Crippen LogP contribution in [-0.4, -0.2) is 37.5 Å². The standard InChI is InChI=1S/C16H23BrN2O/c1-18-12-13-8-10-19(11-9-13)16(20)7-6-14-4-2-3-5-15(14)17/h2-5,13,18H,6-12H2,1H3. The van der Waals surface area contributed by atoms with E-state index in [0.717, 1.165) is 49.3 Å². The largest absolute Gasteiger partial charge is 0.343 e. The summed E-state index contributed by atoms with van der Waals surface area (Å²) in [6, 6.07) is 8.13. The van der Waals surface area contributed by atoms with Crippen molar-refractivity contribution in [2.75, 3.05) is 26.7 Å². The fourth-order valence-electron chi connectivity index (χ4n) is 2.78. The van der Waals surface area contributed by atoms with E-state index in [4.69, 9.17) is 0 Å². The van der Waals surface area contributed by atoms with E-state index in [1.807, 2.05) is 30.1 Å². The van der Waals surface area contributed by atoms with E-state index >= 15 is 0 Å². The van der Waals surface area contributed by atoms with Crippen molar-refractivity contribution in [3.8, 4) is 0 Å². The molecule has 4 heteroatoms. The number of likely N-dealkylation sites (tertiary alicyclic amines) is 1. The molecule has 1 amide bonds. The molecule has 0 unspecified atom stereocenters. The summed E-state index contributed by atoms with van der Waals surface area (Å²) in [7, 11) is 2.00. The van der Waals surface area contributed by atoms with Crippen LogP contribution in [0.1, 0.15) is 24.8 Å². The third-order valence-electron chi connectivity index (χ3n) is 4.03. The minimum atomic E-state index is 0.295. The van der Waals surface area contributed by atoms with E-state index in [9.17, 15) is 4.79 Å². The van der Waals surface area contributed by atoms with Crippen LogP contribution in [0.5, 0.6) is 0 Å². The van der Waals surface area contributed by atoms with Gasteiger partial charge in [-0.1, -0.05) is 34.1 Å². The number of aryl methyl sites for hydroxylation is 1. The SMILES string of the molecule is CNCC1CCN(C(=O)CCc2ccccc2Br)CC1. The molecule has 0 atom stereocenters. The normalized spacial score (nSPS) is 16.4. The van der Waals surface area contributed by atoms with Crippen LogP contribution in [0.25, 0.3) is 0 Å². The van der Waals surface area contributed by atoms with Gasteiger partial charge in [0, 0.05) is 24.0 Å². The summed E-state index contributed by atoms with van der Waals surface area (Å²) in [5, 5.41) is 3.23. The van der Waals surface area contributed by atoms with Crippen LogP contribution in [0.4, 0.5) is 0 Å². The Kier molecular flexibility index (Phi) is 6.05. The summed E-state index contributed by atoms with van der Waals surface area (Å²) >= 11 is 3.54. The lowest BCUT2D eigenvalue weighted by Gasteiger charge is -2.32. The predicted octanol–water partition coefficient (Wildman–Crippen LogP) is 2.84. The first-order valence-corrected chi connectivity index (χ1v) is 8.15. The van der Waals surface area contributed by atoms with Gasteiger partial charge >= 0.3 is 0 Å². The molecule has 3 nitrogen and oxygen atoms in total. The number of nitrogens with one attached hydrogen (secondary N) is 1. The molecule has 1 aliphatic heterocycles. The monoisotopic (exact) mass is 338 g/mol. The molecule has 20 heavy (non-hydrogen) atoms. The van der Waals surface area contributed by atoms with Crippen LogP contribution in [0, 0.1) is 5.92 Å². The van der Waals surface area contributed by atoms with Gasteiger partial charge in [-0.3, -0.25) is 4.79 Å². The van der Waals surface area contributed by atoms with E-state index in [0.29, 0.717) is 12.3 Å². The molecule has 110 valence electrons. The van der Waals surface area contributed by atoms with Gasteiger partial charge in [0.1, 0.15) is 0 Å². The van der Waals surface area contributed by atoms with Crippen LogP contribution in [-0.2, 0) is 11.2 Å². The second kappa shape index (κ2) is 7.79. The average molecular weight is 339 g/mol. The molecule has 0 radical (unpaired) electrons. The number of carbonyl (C=O) groups is 1. The van der Waals surface area contributed by atoms with Gasteiger partial charge in [0.2, 0.25) is 5.91 Å². The van der Waals surface area contributed by atoms with Gasteiger partial charge in [-0.05, 0) is 50.4 Å². The van der Waals surface area contributed by atoms with Crippen molar-refractivity contribution in [2.24, 2.45) is 5.92 Å². The lowest BCUT2D eigenvalue weighted by atomic mass is 9.96. The zero-order valence-corrected chi connectivity index (χ0v) is 13.7. The van der Waals surface area contributed by atoms with Gasteiger partial charge in [0.05, 0.1) is 0 Å². The average Bonchev–Trinajstić information content (AvgIpc) is 2.47. The zero-order valence-electron chi connectivity index (χ0n) is 12.1. The maximum absolute atomic E-state index is 12.2. The molecule has 0 saturated carbocycles. The quantitative estimate of drug-likeness (QED) is 0.895. The molecule has 2 rings (SSSR count). The Bertz CT molecular complexity index is 442. The fraction of sp³-hybridized carbons (Fsp3) is 0.562. The van der Waals surface area contributed by atoms with Crippen LogP contribution in [0.15, 0.2) is 28.7 Å². The van der Waals surface area contributed by atoms with E-state index in [1.165, 1.54) is 5.56 Å². The van der Waals surface area contributed by atoms with Crippen LogP contribution in [0.2, 0.25) is 0 Å². The summed E-state index contributed by atoms with van der Waals surface area (Å²) in [5.41, 5.74) is 1.21. The number of nitrogens with zero attached hydrogens (tertiary/aromatic N) is 1. The van der Waals surface area contributed by atoms with Crippen LogP contribution in [0.3, 0.4) is 0 Å². The molecule has 0 bridgehead atoms. The van der Waals surface area contributed by atoms with E-state index in [1.54, 1.807) is 0 Å². The second-order valence-corrected chi connectivity index (χ2v) is 6.33. The highest BCUT2D eigenvalue weighted by Gasteiger charge is 2.22. The number of piperidine rings is 1. The number of amides is 1. The number of halogens is 1. The minimum absolute atomic E-state index is 0.295. The summed E-state index contributed by atoms with van der Waals surface area (Å²) in [4.78, 5) is 14.3. The number of carbonyl (C=O) groups excluding carboxylic acids is 1. The molecule has 0 aromatic heterocycles. The molecule has 1 N–H and O–H groups in total.